The SMILES string of the molecule is N=C1c2ccc(O[C@@H]3CCC[C@H]3N3C[C@H]4COC[C@H]4C3)cc2CN1C1CCC(=O)NC1O. The second kappa shape index (κ2) is 8.01. The molecule has 0 bridgehead atoms. The first-order valence-electron chi connectivity index (χ1n) is 12.0. The maximum absolute atomic E-state index is 11.6. The predicted molar refractivity (Wildman–Crippen MR) is 117 cm³/mol. The first kappa shape index (κ1) is 20.4. The summed E-state index contributed by atoms with van der Waals surface area (Å²) in [6.45, 7) is 4.64. The first-order valence-corrected chi connectivity index (χ1v) is 12.0. The molecule has 1 aliphatic carbocycles. The van der Waals surface area contributed by atoms with Crippen LogP contribution in [0.2, 0.25) is 0 Å². The fraction of sp³-hybridized carbons (Fsp3) is 0.667. The number of rotatable bonds is 4. The van der Waals surface area contributed by atoms with E-state index in [0.717, 1.165) is 49.6 Å². The summed E-state index contributed by atoms with van der Waals surface area (Å²) in [6.07, 6.45) is 3.68. The highest BCUT2D eigenvalue weighted by Crippen LogP contribution is 2.37. The van der Waals surface area contributed by atoms with E-state index in [-0.39, 0.29) is 18.1 Å². The molecule has 1 saturated carbocycles. The van der Waals surface area contributed by atoms with Gasteiger partial charge in [0.15, 0.2) is 0 Å². The summed E-state index contributed by atoms with van der Waals surface area (Å²) in [4.78, 5) is 16.1. The van der Waals surface area contributed by atoms with Crippen LogP contribution in [0.15, 0.2) is 18.2 Å². The number of nitrogens with zero attached hydrogens (tertiary/aromatic N) is 2. The van der Waals surface area contributed by atoms with E-state index in [9.17, 15) is 9.90 Å². The smallest absolute Gasteiger partial charge is 0.222 e. The fourth-order valence-corrected chi connectivity index (χ4v) is 6.43. The molecular weight excluding hydrogens is 408 g/mol. The van der Waals surface area contributed by atoms with Crippen molar-refractivity contribution in [3.63, 3.8) is 0 Å². The first-order chi connectivity index (χ1) is 15.6. The highest BCUT2D eigenvalue weighted by Gasteiger charge is 2.44. The highest BCUT2D eigenvalue weighted by molar-refractivity contribution is 6.00. The van der Waals surface area contributed by atoms with E-state index in [2.05, 4.69) is 16.3 Å². The molecule has 0 aromatic heterocycles. The molecule has 6 atom stereocenters. The van der Waals surface area contributed by atoms with Crippen molar-refractivity contribution < 1.29 is 19.4 Å². The van der Waals surface area contributed by atoms with E-state index in [1.165, 1.54) is 12.8 Å². The molecule has 8 nitrogen and oxygen atoms in total. The van der Waals surface area contributed by atoms with Gasteiger partial charge in [-0.25, -0.2) is 0 Å². The van der Waals surface area contributed by atoms with Crippen molar-refractivity contribution >= 4 is 11.7 Å². The summed E-state index contributed by atoms with van der Waals surface area (Å²) in [6, 6.07) is 6.24. The van der Waals surface area contributed by atoms with Gasteiger partial charge < -0.3 is 24.8 Å². The van der Waals surface area contributed by atoms with Crippen LogP contribution in [0.3, 0.4) is 0 Å². The predicted octanol–water partition coefficient (Wildman–Crippen LogP) is 1.30. The average Bonchev–Trinajstić information content (AvgIpc) is 3.52. The molecule has 1 amide bonds. The lowest BCUT2D eigenvalue weighted by Gasteiger charge is -2.36. The normalized spacial score (nSPS) is 37.0. The standard InChI is InChI=1S/C24H32N4O4/c25-23-18-5-4-17(8-14(18)11-28(23)20-6-7-22(29)26-24(20)30)32-21-3-1-2-19(21)27-9-15-12-31-13-16(15)10-27/h4-5,8,15-16,19-21,24-25,30H,1-3,6-7,9-13H2,(H,26,29)/t15-,16+,19-,20?,21-,24?/m1/s1. The maximum Gasteiger partial charge on any atom is 0.222 e. The third kappa shape index (κ3) is 3.49. The van der Waals surface area contributed by atoms with E-state index < -0.39 is 6.23 Å². The van der Waals surface area contributed by atoms with E-state index >= 15 is 0 Å². The molecule has 4 fully saturated rings. The zero-order chi connectivity index (χ0) is 21.8. The van der Waals surface area contributed by atoms with Gasteiger partial charge in [0.1, 0.15) is 23.9 Å². The van der Waals surface area contributed by atoms with Gasteiger partial charge in [0.05, 0.1) is 19.3 Å². The Kier molecular flexibility index (Phi) is 5.12. The van der Waals surface area contributed by atoms with Crippen molar-refractivity contribution in [2.45, 2.75) is 63.1 Å². The second-order valence-electron chi connectivity index (χ2n) is 10.1. The molecule has 8 heteroatoms. The van der Waals surface area contributed by atoms with Gasteiger partial charge in [0, 0.05) is 49.5 Å². The van der Waals surface area contributed by atoms with Crippen LogP contribution in [0.1, 0.15) is 43.2 Å². The molecule has 0 radical (unpaired) electrons. The van der Waals surface area contributed by atoms with Gasteiger partial charge >= 0.3 is 0 Å². The number of amides is 1. The monoisotopic (exact) mass is 440 g/mol. The Morgan fingerprint density at radius 1 is 1.12 bits per heavy atom. The Bertz CT molecular complexity index is 911. The molecule has 0 spiro atoms. The lowest BCUT2D eigenvalue weighted by Crippen LogP contribution is -2.55. The third-order valence-corrected chi connectivity index (χ3v) is 8.14. The number of hydrogen-bond acceptors (Lipinski definition) is 6. The van der Waals surface area contributed by atoms with Gasteiger partial charge in [-0.1, -0.05) is 0 Å². The molecule has 4 aliphatic heterocycles. The number of carbonyl (C=O) groups excluding carboxylic acids is 1. The number of aliphatic hydroxyl groups is 1. The van der Waals surface area contributed by atoms with E-state index in [1.807, 2.05) is 17.0 Å². The van der Waals surface area contributed by atoms with Crippen LogP contribution in [0.25, 0.3) is 0 Å². The largest absolute Gasteiger partial charge is 0.489 e. The van der Waals surface area contributed by atoms with Crippen molar-refractivity contribution in [3.8, 4) is 5.75 Å². The van der Waals surface area contributed by atoms with Crippen LogP contribution in [0, 0.1) is 17.2 Å². The number of piperidine rings is 1. The summed E-state index contributed by atoms with van der Waals surface area (Å²) < 4.78 is 12.2. The number of benzene rings is 1. The molecule has 1 aromatic rings. The van der Waals surface area contributed by atoms with Gasteiger partial charge in [-0.05, 0) is 49.4 Å². The highest BCUT2D eigenvalue weighted by atomic mass is 16.5. The molecule has 6 rings (SSSR count). The Hall–Kier alpha value is -2.16. The van der Waals surface area contributed by atoms with Crippen molar-refractivity contribution in [2.75, 3.05) is 26.3 Å². The molecule has 172 valence electrons. The number of amidine groups is 1. The Labute approximate surface area is 188 Å². The van der Waals surface area contributed by atoms with Crippen molar-refractivity contribution in [1.29, 1.82) is 5.41 Å². The fourth-order valence-electron chi connectivity index (χ4n) is 6.43. The van der Waals surface area contributed by atoms with Gasteiger partial charge in [0.25, 0.3) is 0 Å². The number of ether oxygens (including phenoxy) is 2. The molecule has 2 unspecified atom stereocenters. The minimum absolute atomic E-state index is 0.132. The van der Waals surface area contributed by atoms with Crippen molar-refractivity contribution in [3.05, 3.63) is 29.3 Å². The zero-order valence-corrected chi connectivity index (χ0v) is 18.3. The zero-order valence-electron chi connectivity index (χ0n) is 18.3. The summed E-state index contributed by atoms with van der Waals surface area (Å²) in [5.74, 6) is 2.53. The number of carbonyl (C=O) groups is 1. The van der Waals surface area contributed by atoms with Gasteiger partial charge in [-0.3, -0.25) is 15.1 Å². The number of aliphatic hydroxyl groups excluding tert-OH is 1. The minimum Gasteiger partial charge on any atom is -0.489 e. The minimum atomic E-state index is -0.939. The van der Waals surface area contributed by atoms with Crippen LogP contribution < -0.4 is 10.1 Å². The van der Waals surface area contributed by atoms with Crippen LogP contribution in [0.5, 0.6) is 5.75 Å². The Morgan fingerprint density at radius 3 is 2.72 bits per heavy atom. The Morgan fingerprint density at radius 2 is 1.94 bits per heavy atom. The molecule has 3 saturated heterocycles. The molecule has 32 heavy (non-hydrogen) atoms. The lowest BCUT2D eigenvalue weighted by atomic mass is 10.0. The second-order valence-corrected chi connectivity index (χ2v) is 10.1. The van der Waals surface area contributed by atoms with Crippen LogP contribution in [0.4, 0.5) is 0 Å². The number of likely N-dealkylation sites (tertiary alicyclic amines) is 1. The number of fused-ring (bicyclic) bond motifs is 2. The number of nitrogens with one attached hydrogen (secondary N) is 2. The third-order valence-electron chi connectivity index (χ3n) is 8.14. The topological polar surface area (TPSA) is 98.1 Å². The van der Waals surface area contributed by atoms with Crippen molar-refractivity contribution in [1.82, 2.24) is 15.1 Å². The van der Waals surface area contributed by atoms with Crippen LogP contribution in [-0.4, -0.2) is 77.4 Å². The molecule has 5 aliphatic rings. The Balaban J connectivity index is 1.14. The van der Waals surface area contributed by atoms with Crippen molar-refractivity contribution in [2.24, 2.45) is 11.8 Å². The van der Waals surface area contributed by atoms with Gasteiger partial charge in [0.2, 0.25) is 5.91 Å². The summed E-state index contributed by atoms with van der Waals surface area (Å²) >= 11 is 0. The van der Waals surface area contributed by atoms with Crippen LogP contribution >= 0.6 is 0 Å². The summed E-state index contributed by atoms with van der Waals surface area (Å²) in [7, 11) is 0. The van der Waals surface area contributed by atoms with Gasteiger partial charge in [-0.2, -0.15) is 0 Å². The molecular formula is C24H32N4O4. The van der Waals surface area contributed by atoms with E-state index in [1.54, 1.807) is 0 Å². The molecule has 4 heterocycles. The molecule has 3 N–H and O–H groups in total. The summed E-state index contributed by atoms with van der Waals surface area (Å²) in [5, 5.41) is 21.5. The average molecular weight is 441 g/mol. The van der Waals surface area contributed by atoms with Gasteiger partial charge in [-0.15, -0.1) is 0 Å². The van der Waals surface area contributed by atoms with Crippen LogP contribution in [-0.2, 0) is 16.1 Å². The summed E-state index contributed by atoms with van der Waals surface area (Å²) in [5.41, 5.74) is 1.94. The maximum atomic E-state index is 11.6. The lowest BCUT2D eigenvalue weighted by molar-refractivity contribution is -0.129. The van der Waals surface area contributed by atoms with E-state index in [4.69, 9.17) is 14.9 Å². The van der Waals surface area contributed by atoms with E-state index in [0.29, 0.717) is 43.1 Å². The number of hydrogen-bond donors (Lipinski definition) is 3. The molecule has 1 aromatic carbocycles. The quantitative estimate of drug-likeness (QED) is 0.653.